The zero-order valence-electron chi connectivity index (χ0n) is 13.3. The molecular weight excluding hydrogens is 328 g/mol. The minimum atomic E-state index is -3.71. The zero-order chi connectivity index (χ0) is 17.6. The molecule has 0 aliphatic rings. The number of hydrogen-bond acceptors (Lipinski definition) is 4. The number of amides is 1. The fourth-order valence-corrected chi connectivity index (χ4v) is 2.66. The molecule has 0 heterocycles. The van der Waals surface area contributed by atoms with Crippen LogP contribution in [0.5, 0.6) is 0 Å². The Bertz CT molecular complexity index is 774. The molecule has 1 unspecified atom stereocenters. The number of primary sulfonamides is 1. The number of hydrogen-bond donors (Lipinski definition) is 2. The summed E-state index contributed by atoms with van der Waals surface area (Å²) in [6.07, 6.45) is 0. The Morgan fingerprint density at radius 3 is 2.33 bits per heavy atom. The van der Waals surface area contributed by atoms with Gasteiger partial charge in [-0.05, 0) is 30.2 Å². The number of carbonyl (C=O) groups excluding carboxylic acids is 1. The first-order valence-corrected chi connectivity index (χ1v) is 8.94. The summed E-state index contributed by atoms with van der Waals surface area (Å²) in [6, 6.07) is 15.4. The van der Waals surface area contributed by atoms with Gasteiger partial charge in [-0.3, -0.25) is 4.79 Å². The highest BCUT2D eigenvalue weighted by Gasteiger charge is 2.12. The molecule has 2 aromatic rings. The zero-order valence-corrected chi connectivity index (χ0v) is 14.1. The second-order valence-electron chi connectivity index (χ2n) is 5.38. The van der Waals surface area contributed by atoms with Gasteiger partial charge in [0.2, 0.25) is 15.9 Å². The third kappa shape index (κ3) is 5.45. The third-order valence-corrected chi connectivity index (χ3v) is 4.36. The van der Waals surface area contributed by atoms with Crippen LogP contribution in [0.3, 0.4) is 0 Å². The molecule has 0 fully saturated rings. The number of nitrogens with two attached hydrogens (primary N) is 1. The molecule has 2 aromatic carbocycles. The van der Waals surface area contributed by atoms with Gasteiger partial charge in [-0.1, -0.05) is 42.5 Å². The van der Waals surface area contributed by atoms with Crippen molar-refractivity contribution in [3.8, 4) is 0 Å². The molecular formula is C17H20N2O4S. The molecule has 0 aliphatic heterocycles. The van der Waals surface area contributed by atoms with Gasteiger partial charge < -0.3 is 10.1 Å². The van der Waals surface area contributed by atoms with Gasteiger partial charge in [0.05, 0.1) is 17.5 Å². The van der Waals surface area contributed by atoms with Crippen LogP contribution < -0.4 is 10.5 Å². The molecule has 7 heteroatoms. The first-order chi connectivity index (χ1) is 11.4. The van der Waals surface area contributed by atoms with Gasteiger partial charge in [-0.15, -0.1) is 0 Å². The second kappa shape index (κ2) is 8.05. The highest BCUT2D eigenvalue weighted by atomic mass is 32.2. The summed E-state index contributed by atoms with van der Waals surface area (Å²) in [5, 5.41) is 7.85. The van der Waals surface area contributed by atoms with Crippen molar-refractivity contribution in [1.82, 2.24) is 5.32 Å². The highest BCUT2D eigenvalue weighted by molar-refractivity contribution is 7.89. The number of rotatable bonds is 7. The van der Waals surface area contributed by atoms with Crippen molar-refractivity contribution in [3.05, 3.63) is 65.7 Å². The molecule has 3 N–H and O–H groups in total. The fraction of sp³-hybridized carbons (Fsp3) is 0.235. The molecule has 128 valence electrons. The van der Waals surface area contributed by atoms with Crippen LogP contribution >= 0.6 is 0 Å². The van der Waals surface area contributed by atoms with E-state index in [2.05, 4.69) is 5.32 Å². The van der Waals surface area contributed by atoms with Crippen LogP contribution in [0.25, 0.3) is 0 Å². The van der Waals surface area contributed by atoms with Crippen LogP contribution in [-0.4, -0.2) is 20.9 Å². The molecule has 24 heavy (non-hydrogen) atoms. The topological polar surface area (TPSA) is 98.5 Å². The van der Waals surface area contributed by atoms with Gasteiger partial charge >= 0.3 is 0 Å². The van der Waals surface area contributed by atoms with Crippen molar-refractivity contribution < 1.29 is 17.9 Å². The Labute approximate surface area is 141 Å². The number of ether oxygens (including phenoxy) is 1. The SMILES string of the molecule is CC(NC(=O)COCc1ccccc1)c1ccc(S(N)(=O)=O)cc1. The predicted molar refractivity (Wildman–Crippen MR) is 90.5 cm³/mol. The summed E-state index contributed by atoms with van der Waals surface area (Å²) in [5.74, 6) is -0.242. The van der Waals surface area contributed by atoms with Crippen LogP contribution in [0.2, 0.25) is 0 Å². The third-order valence-electron chi connectivity index (χ3n) is 3.43. The molecule has 0 saturated heterocycles. The molecule has 0 spiro atoms. The molecule has 0 bridgehead atoms. The lowest BCUT2D eigenvalue weighted by Crippen LogP contribution is -2.30. The molecule has 2 rings (SSSR count). The number of carbonyl (C=O) groups is 1. The van der Waals surface area contributed by atoms with E-state index in [1.165, 1.54) is 12.1 Å². The maximum absolute atomic E-state index is 11.9. The monoisotopic (exact) mass is 348 g/mol. The van der Waals surface area contributed by atoms with Crippen LogP contribution in [0.4, 0.5) is 0 Å². The van der Waals surface area contributed by atoms with Crippen molar-refractivity contribution in [2.24, 2.45) is 5.14 Å². The fourth-order valence-electron chi connectivity index (χ4n) is 2.15. The Kier molecular flexibility index (Phi) is 6.08. The van der Waals surface area contributed by atoms with Crippen molar-refractivity contribution in [3.63, 3.8) is 0 Å². The van der Waals surface area contributed by atoms with Gasteiger partial charge in [0.1, 0.15) is 6.61 Å². The van der Waals surface area contributed by atoms with Gasteiger partial charge in [0.15, 0.2) is 0 Å². The normalized spacial score (nSPS) is 12.6. The van der Waals surface area contributed by atoms with Crippen LogP contribution in [-0.2, 0) is 26.2 Å². The summed E-state index contributed by atoms with van der Waals surface area (Å²) in [6.45, 7) is 2.13. The number of benzene rings is 2. The lowest BCUT2D eigenvalue weighted by molar-refractivity contribution is -0.126. The van der Waals surface area contributed by atoms with E-state index in [1.807, 2.05) is 30.3 Å². The summed E-state index contributed by atoms with van der Waals surface area (Å²) in [7, 11) is -3.71. The average molecular weight is 348 g/mol. The number of sulfonamides is 1. The van der Waals surface area contributed by atoms with Crippen molar-refractivity contribution in [2.75, 3.05) is 6.61 Å². The first kappa shape index (κ1) is 18.1. The Balaban J connectivity index is 1.83. The van der Waals surface area contributed by atoms with Crippen molar-refractivity contribution >= 4 is 15.9 Å². The summed E-state index contributed by atoms with van der Waals surface area (Å²) >= 11 is 0. The maximum Gasteiger partial charge on any atom is 0.246 e. The lowest BCUT2D eigenvalue weighted by atomic mass is 10.1. The molecule has 0 aromatic heterocycles. The van der Waals surface area contributed by atoms with Gasteiger partial charge in [-0.25, -0.2) is 13.6 Å². The minimum Gasteiger partial charge on any atom is -0.367 e. The van der Waals surface area contributed by atoms with Gasteiger partial charge in [0.25, 0.3) is 0 Å². The van der Waals surface area contributed by atoms with E-state index < -0.39 is 10.0 Å². The molecule has 6 nitrogen and oxygen atoms in total. The predicted octanol–water partition coefficient (Wildman–Crippen LogP) is 1.73. The van der Waals surface area contributed by atoms with Crippen LogP contribution in [0.1, 0.15) is 24.1 Å². The minimum absolute atomic E-state index is 0.0379. The van der Waals surface area contributed by atoms with Crippen LogP contribution in [0, 0.1) is 0 Å². The highest BCUT2D eigenvalue weighted by Crippen LogP contribution is 2.15. The van der Waals surface area contributed by atoms with E-state index in [4.69, 9.17) is 9.88 Å². The first-order valence-electron chi connectivity index (χ1n) is 7.40. The quantitative estimate of drug-likeness (QED) is 0.796. The molecule has 1 amide bonds. The van der Waals surface area contributed by atoms with Crippen molar-refractivity contribution in [1.29, 1.82) is 0 Å². The smallest absolute Gasteiger partial charge is 0.246 e. The summed E-state index contributed by atoms with van der Waals surface area (Å²) < 4.78 is 27.8. The second-order valence-corrected chi connectivity index (χ2v) is 6.94. The lowest BCUT2D eigenvalue weighted by Gasteiger charge is -2.15. The molecule has 0 saturated carbocycles. The van der Waals surface area contributed by atoms with Crippen molar-refractivity contribution in [2.45, 2.75) is 24.5 Å². The van der Waals surface area contributed by atoms with E-state index >= 15 is 0 Å². The molecule has 1 atom stereocenters. The average Bonchev–Trinajstić information content (AvgIpc) is 2.55. The molecule has 0 aliphatic carbocycles. The van der Waals surface area contributed by atoms with E-state index in [9.17, 15) is 13.2 Å². The van der Waals surface area contributed by atoms with Gasteiger partial charge in [-0.2, -0.15) is 0 Å². The van der Waals surface area contributed by atoms with E-state index in [0.29, 0.717) is 6.61 Å². The van der Waals surface area contributed by atoms with Crippen LogP contribution in [0.15, 0.2) is 59.5 Å². The van der Waals surface area contributed by atoms with E-state index in [-0.39, 0.29) is 23.5 Å². The summed E-state index contributed by atoms with van der Waals surface area (Å²) in [5.41, 5.74) is 1.77. The summed E-state index contributed by atoms with van der Waals surface area (Å²) in [4.78, 5) is 11.9. The Hall–Kier alpha value is -2.22. The van der Waals surface area contributed by atoms with E-state index in [1.54, 1.807) is 19.1 Å². The molecule has 0 radical (unpaired) electrons. The Morgan fingerprint density at radius 2 is 1.75 bits per heavy atom. The van der Waals surface area contributed by atoms with Gasteiger partial charge in [0, 0.05) is 0 Å². The maximum atomic E-state index is 11.9. The Morgan fingerprint density at radius 1 is 1.12 bits per heavy atom. The standard InChI is InChI=1S/C17H20N2O4S/c1-13(15-7-9-16(10-8-15)24(18,21)22)19-17(20)12-23-11-14-5-3-2-4-6-14/h2-10,13H,11-12H2,1H3,(H,19,20)(H2,18,21,22). The number of nitrogens with one attached hydrogen (secondary N) is 1. The van der Waals surface area contributed by atoms with E-state index in [0.717, 1.165) is 11.1 Å². The largest absolute Gasteiger partial charge is 0.367 e.